The summed E-state index contributed by atoms with van der Waals surface area (Å²) in [4.78, 5) is 11.2. The van der Waals surface area contributed by atoms with Crippen molar-refractivity contribution in [2.75, 3.05) is 12.3 Å². The van der Waals surface area contributed by atoms with E-state index in [1.165, 1.54) is 18.2 Å². The smallest absolute Gasteiger partial charge is 0.245 e. The molecule has 2 rings (SSSR count). The van der Waals surface area contributed by atoms with E-state index in [4.69, 9.17) is 23.1 Å². The molecule has 8 heteroatoms. The van der Waals surface area contributed by atoms with Gasteiger partial charge in [-0.05, 0) is 31.0 Å². The normalized spacial score (nSPS) is 20.6. The molecule has 4 N–H and O–H groups in total. The van der Waals surface area contributed by atoms with Crippen molar-refractivity contribution in [1.29, 1.82) is 0 Å². The molecule has 0 bridgehead atoms. The molecular weight excluding hydrogens is 290 g/mol. The van der Waals surface area contributed by atoms with E-state index in [1.54, 1.807) is 0 Å². The number of benzene rings is 1. The van der Waals surface area contributed by atoms with Gasteiger partial charge in [0.25, 0.3) is 0 Å². The minimum absolute atomic E-state index is 0.0509. The minimum Gasteiger partial charge on any atom is -0.398 e. The van der Waals surface area contributed by atoms with Crippen LogP contribution >= 0.6 is 11.6 Å². The second-order valence-electron chi connectivity index (χ2n) is 4.36. The number of carbonyl (C=O) groups is 1. The highest BCUT2D eigenvalue weighted by molar-refractivity contribution is 7.89. The van der Waals surface area contributed by atoms with Crippen molar-refractivity contribution in [2.24, 2.45) is 5.73 Å². The van der Waals surface area contributed by atoms with Crippen LogP contribution in [0.15, 0.2) is 23.1 Å². The Kier molecular flexibility index (Phi) is 3.71. The third-order valence-electron chi connectivity index (χ3n) is 3.09. The highest BCUT2D eigenvalue weighted by Gasteiger charge is 2.39. The van der Waals surface area contributed by atoms with Gasteiger partial charge in [0.1, 0.15) is 10.9 Å². The number of nitrogen functional groups attached to an aromatic ring is 1. The molecule has 0 aromatic heterocycles. The zero-order valence-corrected chi connectivity index (χ0v) is 11.6. The second-order valence-corrected chi connectivity index (χ2v) is 6.65. The molecule has 1 aromatic carbocycles. The second kappa shape index (κ2) is 4.99. The first-order valence-electron chi connectivity index (χ1n) is 5.70. The first kappa shape index (κ1) is 14.1. The summed E-state index contributed by atoms with van der Waals surface area (Å²) in [5.41, 5.74) is 11.0. The van der Waals surface area contributed by atoms with Gasteiger partial charge >= 0.3 is 0 Å². The quantitative estimate of drug-likeness (QED) is 0.796. The number of sulfonamides is 1. The molecule has 1 unspecified atom stereocenters. The highest BCUT2D eigenvalue weighted by Crippen LogP contribution is 2.30. The van der Waals surface area contributed by atoms with Gasteiger partial charge in [-0.3, -0.25) is 4.79 Å². The Morgan fingerprint density at radius 3 is 2.68 bits per heavy atom. The monoisotopic (exact) mass is 303 g/mol. The van der Waals surface area contributed by atoms with Crippen LogP contribution in [0.3, 0.4) is 0 Å². The predicted octanol–water partition coefficient (Wildman–Crippen LogP) is 0.561. The molecular formula is C11H14ClN3O3S. The molecule has 1 fully saturated rings. The summed E-state index contributed by atoms with van der Waals surface area (Å²) in [6.07, 6.45) is 1.03. The van der Waals surface area contributed by atoms with Crippen LogP contribution in [0.1, 0.15) is 12.8 Å². The summed E-state index contributed by atoms with van der Waals surface area (Å²) in [5.74, 6) is -0.645. The Morgan fingerprint density at radius 2 is 2.11 bits per heavy atom. The Morgan fingerprint density at radius 1 is 1.42 bits per heavy atom. The summed E-state index contributed by atoms with van der Waals surface area (Å²) in [7, 11) is -3.83. The molecule has 6 nitrogen and oxygen atoms in total. The van der Waals surface area contributed by atoms with Crippen molar-refractivity contribution in [3.05, 3.63) is 23.2 Å². The zero-order chi connectivity index (χ0) is 14.2. The minimum atomic E-state index is -3.83. The van der Waals surface area contributed by atoms with Crippen molar-refractivity contribution < 1.29 is 13.2 Å². The van der Waals surface area contributed by atoms with Crippen LogP contribution in [-0.2, 0) is 14.8 Å². The molecule has 1 saturated heterocycles. The Hall–Kier alpha value is -1.31. The maximum atomic E-state index is 12.5. The van der Waals surface area contributed by atoms with Crippen molar-refractivity contribution in [3.63, 3.8) is 0 Å². The number of halogens is 1. The summed E-state index contributed by atoms with van der Waals surface area (Å²) in [5, 5.41) is 0.351. The van der Waals surface area contributed by atoms with Gasteiger partial charge in [-0.15, -0.1) is 0 Å². The number of carbonyl (C=O) groups excluding carboxylic acids is 1. The lowest BCUT2D eigenvalue weighted by Gasteiger charge is -2.22. The van der Waals surface area contributed by atoms with Crippen molar-refractivity contribution in [1.82, 2.24) is 4.31 Å². The molecule has 1 heterocycles. The number of nitrogens with two attached hydrogens (primary N) is 2. The number of primary amides is 1. The number of nitrogens with zero attached hydrogens (tertiary/aromatic N) is 1. The first-order valence-corrected chi connectivity index (χ1v) is 7.52. The van der Waals surface area contributed by atoms with E-state index in [-0.39, 0.29) is 17.1 Å². The predicted molar refractivity (Wildman–Crippen MR) is 72.0 cm³/mol. The number of rotatable bonds is 3. The molecule has 19 heavy (non-hydrogen) atoms. The fourth-order valence-corrected chi connectivity index (χ4v) is 4.14. The molecule has 104 valence electrons. The Labute approximate surface area is 116 Å². The Balaban J connectivity index is 2.45. The largest absolute Gasteiger partial charge is 0.398 e. The van der Waals surface area contributed by atoms with E-state index in [1.807, 2.05) is 0 Å². The van der Waals surface area contributed by atoms with Crippen LogP contribution in [0.4, 0.5) is 5.69 Å². The van der Waals surface area contributed by atoms with Crippen LogP contribution in [-0.4, -0.2) is 31.2 Å². The summed E-state index contributed by atoms with van der Waals surface area (Å²) in [6, 6.07) is 3.34. The number of amides is 1. The molecule has 0 saturated carbocycles. The van der Waals surface area contributed by atoms with Gasteiger partial charge in [0, 0.05) is 11.6 Å². The van der Waals surface area contributed by atoms with E-state index in [2.05, 4.69) is 0 Å². The van der Waals surface area contributed by atoms with E-state index < -0.39 is 22.0 Å². The van der Waals surface area contributed by atoms with Gasteiger partial charge in [0.05, 0.1) is 5.69 Å². The Bertz CT molecular complexity index is 618. The van der Waals surface area contributed by atoms with Gasteiger partial charge in [0.2, 0.25) is 15.9 Å². The molecule has 0 spiro atoms. The van der Waals surface area contributed by atoms with Crippen LogP contribution in [0, 0.1) is 0 Å². The lowest BCUT2D eigenvalue weighted by molar-refractivity contribution is -0.121. The third-order valence-corrected chi connectivity index (χ3v) is 5.31. The molecule has 0 aliphatic carbocycles. The molecule has 1 atom stereocenters. The summed E-state index contributed by atoms with van der Waals surface area (Å²) in [6.45, 7) is 0.262. The topological polar surface area (TPSA) is 106 Å². The van der Waals surface area contributed by atoms with E-state index in [9.17, 15) is 13.2 Å². The van der Waals surface area contributed by atoms with Gasteiger partial charge < -0.3 is 11.5 Å². The van der Waals surface area contributed by atoms with Gasteiger partial charge in [-0.1, -0.05) is 11.6 Å². The van der Waals surface area contributed by atoms with Crippen LogP contribution in [0.2, 0.25) is 5.02 Å². The molecule has 1 aliphatic rings. The lowest BCUT2D eigenvalue weighted by atomic mass is 10.2. The maximum Gasteiger partial charge on any atom is 0.245 e. The van der Waals surface area contributed by atoms with E-state index in [0.29, 0.717) is 17.9 Å². The highest BCUT2D eigenvalue weighted by atomic mass is 35.5. The number of hydrogen-bond acceptors (Lipinski definition) is 4. The average molecular weight is 304 g/mol. The number of hydrogen-bond donors (Lipinski definition) is 2. The SMILES string of the molecule is NC(=O)C1CCCN1S(=O)(=O)c1ccc(Cl)cc1N. The van der Waals surface area contributed by atoms with E-state index in [0.717, 1.165) is 4.31 Å². The summed E-state index contributed by atoms with van der Waals surface area (Å²) < 4.78 is 26.1. The van der Waals surface area contributed by atoms with Crippen LogP contribution in [0.25, 0.3) is 0 Å². The van der Waals surface area contributed by atoms with Crippen molar-refractivity contribution in [3.8, 4) is 0 Å². The molecule has 1 aliphatic heterocycles. The number of anilines is 1. The first-order chi connectivity index (χ1) is 8.84. The fourth-order valence-electron chi connectivity index (χ4n) is 2.19. The maximum absolute atomic E-state index is 12.5. The van der Waals surface area contributed by atoms with E-state index >= 15 is 0 Å². The average Bonchev–Trinajstić information content (AvgIpc) is 2.77. The summed E-state index contributed by atoms with van der Waals surface area (Å²) >= 11 is 5.74. The molecule has 1 amide bonds. The van der Waals surface area contributed by atoms with Gasteiger partial charge in [-0.25, -0.2) is 8.42 Å². The van der Waals surface area contributed by atoms with Gasteiger partial charge in [-0.2, -0.15) is 4.31 Å². The third kappa shape index (κ3) is 2.54. The van der Waals surface area contributed by atoms with Crippen LogP contribution < -0.4 is 11.5 Å². The zero-order valence-electron chi connectivity index (χ0n) is 10.0. The lowest BCUT2D eigenvalue weighted by Crippen LogP contribution is -2.43. The van der Waals surface area contributed by atoms with Crippen molar-refractivity contribution >= 4 is 33.2 Å². The van der Waals surface area contributed by atoms with Gasteiger partial charge in [0.15, 0.2) is 0 Å². The van der Waals surface area contributed by atoms with Crippen LogP contribution in [0.5, 0.6) is 0 Å². The molecule has 0 radical (unpaired) electrons. The standard InChI is InChI=1S/C11H14ClN3O3S/c12-7-3-4-10(8(13)6-7)19(17,18)15-5-1-2-9(15)11(14)16/h3-4,6,9H,1-2,5,13H2,(H2,14,16). The van der Waals surface area contributed by atoms with Crippen molar-refractivity contribution in [2.45, 2.75) is 23.8 Å². The molecule has 1 aromatic rings. The fraction of sp³-hybridized carbons (Fsp3) is 0.364.